The molecule has 0 bridgehead atoms. The zero-order valence-electron chi connectivity index (χ0n) is 13.1. The molecule has 2 aromatic heterocycles. The molecule has 0 fully saturated rings. The SMILES string of the molecule is CCn1c(C(=O)NCCOC)cc2c(=O)oc3ccccc3c21. The van der Waals surface area contributed by atoms with Gasteiger partial charge in [0.25, 0.3) is 5.91 Å². The minimum atomic E-state index is -0.433. The van der Waals surface area contributed by atoms with Crippen LogP contribution in [0.15, 0.2) is 39.5 Å². The van der Waals surface area contributed by atoms with Gasteiger partial charge in [0.1, 0.15) is 11.3 Å². The first-order chi connectivity index (χ1) is 11.2. The number of methoxy groups -OCH3 is 1. The molecular weight excluding hydrogens is 296 g/mol. The summed E-state index contributed by atoms with van der Waals surface area (Å²) in [6.45, 7) is 3.36. The molecule has 1 amide bonds. The first kappa shape index (κ1) is 15.3. The molecule has 1 N–H and O–H groups in total. The lowest BCUT2D eigenvalue weighted by Crippen LogP contribution is -2.28. The van der Waals surface area contributed by atoms with Gasteiger partial charge in [-0.2, -0.15) is 0 Å². The monoisotopic (exact) mass is 314 g/mol. The van der Waals surface area contributed by atoms with Crippen molar-refractivity contribution in [2.45, 2.75) is 13.5 Å². The molecule has 0 radical (unpaired) electrons. The number of carbonyl (C=O) groups excluding carboxylic acids is 1. The van der Waals surface area contributed by atoms with Crippen molar-refractivity contribution in [1.82, 2.24) is 9.88 Å². The Balaban J connectivity index is 2.21. The molecule has 0 aliphatic carbocycles. The van der Waals surface area contributed by atoms with E-state index in [1.807, 2.05) is 29.7 Å². The third kappa shape index (κ3) is 2.61. The summed E-state index contributed by atoms with van der Waals surface area (Å²) in [5, 5.41) is 4.02. The maximum atomic E-state index is 12.4. The van der Waals surface area contributed by atoms with Crippen molar-refractivity contribution in [3.8, 4) is 0 Å². The van der Waals surface area contributed by atoms with Crippen LogP contribution in [0.1, 0.15) is 17.4 Å². The number of hydrogen-bond donors (Lipinski definition) is 1. The zero-order chi connectivity index (χ0) is 16.4. The van der Waals surface area contributed by atoms with E-state index < -0.39 is 5.63 Å². The van der Waals surface area contributed by atoms with Gasteiger partial charge in [0.2, 0.25) is 0 Å². The van der Waals surface area contributed by atoms with Gasteiger partial charge >= 0.3 is 5.63 Å². The lowest BCUT2D eigenvalue weighted by atomic mass is 10.2. The molecule has 3 aromatic rings. The van der Waals surface area contributed by atoms with Crippen LogP contribution in [0.2, 0.25) is 0 Å². The zero-order valence-corrected chi connectivity index (χ0v) is 13.1. The normalized spacial score (nSPS) is 11.2. The number of hydrogen-bond acceptors (Lipinski definition) is 4. The van der Waals surface area contributed by atoms with E-state index in [9.17, 15) is 9.59 Å². The fourth-order valence-electron chi connectivity index (χ4n) is 2.77. The molecular formula is C17H18N2O4. The number of ether oxygens (including phenoxy) is 1. The van der Waals surface area contributed by atoms with E-state index in [0.29, 0.717) is 36.4 Å². The number of para-hydroxylation sites is 1. The average molecular weight is 314 g/mol. The third-order valence-electron chi connectivity index (χ3n) is 3.80. The van der Waals surface area contributed by atoms with E-state index in [2.05, 4.69) is 5.32 Å². The van der Waals surface area contributed by atoms with Crippen molar-refractivity contribution >= 4 is 27.8 Å². The van der Waals surface area contributed by atoms with Gasteiger partial charge in [-0.25, -0.2) is 4.79 Å². The van der Waals surface area contributed by atoms with E-state index in [1.165, 1.54) is 0 Å². The summed E-state index contributed by atoms with van der Waals surface area (Å²) < 4.78 is 12.1. The maximum Gasteiger partial charge on any atom is 0.345 e. The Bertz CT molecular complexity index is 923. The van der Waals surface area contributed by atoms with Crippen molar-refractivity contribution in [1.29, 1.82) is 0 Å². The number of nitrogens with one attached hydrogen (secondary N) is 1. The highest BCUT2D eigenvalue weighted by Crippen LogP contribution is 2.26. The second-order valence-electron chi connectivity index (χ2n) is 5.17. The summed E-state index contributed by atoms with van der Waals surface area (Å²) in [6.07, 6.45) is 0. The summed E-state index contributed by atoms with van der Waals surface area (Å²) >= 11 is 0. The van der Waals surface area contributed by atoms with Gasteiger partial charge in [-0.3, -0.25) is 4.79 Å². The fourth-order valence-corrected chi connectivity index (χ4v) is 2.77. The van der Waals surface area contributed by atoms with Gasteiger partial charge in [-0.15, -0.1) is 0 Å². The summed E-state index contributed by atoms with van der Waals surface area (Å²) in [5.41, 5.74) is 1.26. The van der Waals surface area contributed by atoms with Crippen LogP contribution in [0.25, 0.3) is 21.9 Å². The Morgan fingerprint density at radius 2 is 2.09 bits per heavy atom. The van der Waals surface area contributed by atoms with E-state index in [-0.39, 0.29) is 5.91 Å². The number of aromatic nitrogens is 1. The molecule has 0 unspecified atom stereocenters. The summed E-state index contributed by atoms with van der Waals surface area (Å²) in [5.74, 6) is -0.233. The van der Waals surface area contributed by atoms with Crippen LogP contribution in [0.4, 0.5) is 0 Å². The van der Waals surface area contributed by atoms with Gasteiger partial charge in [0, 0.05) is 25.6 Å². The molecule has 0 atom stereocenters. The van der Waals surface area contributed by atoms with Crippen LogP contribution in [-0.4, -0.2) is 30.7 Å². The Kier molecular flexibility index (Phi) is 4.16. The Hall–Kier alpha value is -2.60. The minimum Gasteiger partial charge on any atom is -0.422 e. The van der Waals surface area contributed by atoms with E-state index in [1.54, 1.807) is 19.2 Å². The molecule has 3 rings (SSSR count). The van der Waals surface area contributed by atoms with Crippen molar-refractivity contribution in [2.24, 2.45) is 0 Å². The van der Waals surface area contributed by atoms with Gasteiger partial charge in [-0.1, -0.05) is 12.1 Å². The molecule has 1 aromatic carbocycles. The molecule has 0 saturated heterocycles. The number of carbonyl (C=O) groups is 1. The second kappa shape index (κ2) is 6.26. The third-order valence-corrected chi connectivity index (χ3v) is 3.80. The van der Waals surface area contributed by atoms with Gasteiger partial charge in [0.15, 0.2) is 0 Å². The highest BCUT2D eigenvalue weighted by Gasteiger charge is 2.19. The predicted octanol–water partition coefficient (Wildman–Crippen LogP) is 2.14. The topological polar surface area (TPSA) is 73.5 Å². The number of nitrogens with zero attached hydrogens (tertiary/aromatic N) is 1. The highest BCUT2D eigenvalue weighted by molar-refractivity contribution is 6.07. The van der Waals surface area contributed by atoms with Crippen LogP contribution < -0.4 is 10.9 Å². The lowest BCUT2D eigenvalue weighted by Gasteiger charge is -2.09. The van der Waals surface area contributed by atoms with Gasteiger partial charge in [-0.05, 0) is 25.1 Å². The Morgan fingerprint density at radius 3 is 2.83 bits per heavy atom. The largest absolute Gasteiger partial charge is 0.422 e. The Morgan fingerprint density at radius 1 is 1.30 bits per heavy atom. The number of aryl methyl sites for hydroxylation is 1. The smallest absolute Gasteiger partial charge is 0.345 e. The predicted molar refractivity (Wildman–Crippen MR) is 87.9 cm³/mol. The molecule has 0 aliphatic heterocycles. The van der Waals surface area contributed by atoms with E-state index >= 15 is 0 Å². The molecule has 0 saturated carbocycles. The average Bonchev–Trinajstić information content (AvgIpc) is 2.95. The van der Waals surface area contributed by atoms with Crippen LogP contribution in [0.3, 0.4) is 0 Å². The van der Waals surface area contributed by atoms with Crippen LogP contribution in [0.5, 0.6) is 0 Å². The van der Waals surface area contributed by atoms with Crippen LogP contribution >= 0.6 is 0 Å². The van der Waals surface area contributed by atoms with E-state index in [4.69, 9.17) is 9.15 Å². The number of fused-ring (bicyclic) bond motifs is 3. The molecule has 120 valence electrons. The first-order valence-corrected chi connectivity index (χ1v) is 7.49. The summed E-state index contributed by atoms with van der Waals surface area (Å²) in [7, 11) is 1.58. The van der Waals surface area contributed by atoms with Gasteiger partial charge in [0.05, 0.1) is 17.5 Å². The maximum absolute atomic E-state index is 12.4. The molecule has 0 aliphatic rings. The number of amides is 1. The summed E-state index contributed by atoms with van der Waals surface area (Å²) in [6, 6.07) is 8.93. The fraction of sp³-hybridized carbons (Fsp3) is 0.294. The molecule has 0 spiro atoms. The van der Waals surface area contributed by atoms with E-state index in [0.717, 1.165) is 10.9 Å². The minimum absolute atomic E-state index is 0.233. The van der Waals surface area contributed by atoms with Crippen molar-refractivity contribution < 1.29 is 13.9 Å². The van der Waals surface area contributed by atoms with Gasteiger partial charge < -0.3 is 19.0 Å². The standard InChI is InChI=1S/C17H18N2O4/c1-3-19-13(16(20)18-8-9-22-2)10-12-15(19)11-6-4-5-7-14(11)23-17(12)21/h4-7,10H,3,8-9H2,1-2H3,(H,18,20). The van der Waals surface area contributed by atoms with Crippen molar-refractivity contribution in [3.63, 3.8) is 0 Å². The lowest BCUT2D eigenvalue weighted by molar-refractivity contribution is 0.0928. The first-order valence-electron chi connectivity index (χ1n) is 7.49. The molecule has 2 heterocycles. The quantitative estimate of drug-likeness (QED) is 0.578. The summed E-state index contributed by atoms with van der Waals surface area (Å²) in [4.78, 5) is 24.6. The molecule has 23 heavy (non-hydrogen) atoms. The number of rotatable bonds is 5. The molecule has 6 nitrogen and oxygen atoms in total. The Labute approximate surface area is 132 Å². The number of benzene rings is 1. The van der Waals surface area contributed by atoms with Crippen LogP contribution in [-0.2, 0) is 11.3 Å². The van der Waals surface area contributed by atoms with Crippen LogP contribution in [0, 0.1) is 0 Å². The second-order valence-corrected chi connectivity index (χ2v) is 5.17. The molecule has 6 heteroatoms. The van der Waals surface area contributed by atoms with Crippen molar-refractivity contribution in [2.75, 3.05) is 20.3 Å². The highest BCUT2D eigenvalue weighted by atomic mass is 16.5. The van der Waals surface area contributed by atoms with Crippen molar-refractivity contribution in [3.05, 3.63) is 46.4 Å².